The van der Waals surface area contributed by atoms with Crippen molar-refractivity contribution in [2.45, 2.75) is 40.0 Å². The average molecular weight is 301 g/mol. The fourth-order valence-corrected chi connectivity index (χ4v) is 2.43. The van der Waals surface area contributed by atoms with Crippen LogP contribution in [0.25, 0.3) is 10.9 Å². The van der Waals surface area contributed by atoms with E-state index in [0.717, 1.165) is 30.3 Å². The van der Waals surface area contributed by atoms with E-state index in [1.807, 2.05) is 25.1 Å². The molecule has 0 atom stereocenters. The van der Waals surface area contributed by atoms with Crippen molar-refractivity contribution in [2.24, 2.45) is 5.92 Å². The quantitative estimate of drug-likeness (QED) is 0.828. The van der Waals surface area contributed by atoms with E-state index in [0.29, 0.717) is 17.9 Å². The van der Waals surface area contributed by atoms with E-state index in [1.54, 1.807) is 0 Å². The average Bonchev–Trinajstić information content (AvgIpc) is 2.55. The van der Waals surface area contributed by atoms with Crippen LogP contribution in [0, 0.1) is 5.92 Å². The summed E-state index contributed by atoms with van der Waals surface area (Å²) in [5.74, 6) is -0.202. The van der Waals surface area contributed by atoms with Gasteiger partial charge in [-0.1, -0.05) is 39.7 Å². The van der Waals surface area contributed by atoms with Gasteiger partial charge in [0.15, 0.2) is 0 Å². The van der Waals surface area contributed by atoms with Crippen LogP contribution in [0.2, 0.25) is 0 Å². The molecule has 2 rings (SSSR count). The first kappa shape index (κ1) is 16.3. The molecular formula is C18H23NO3. The van der Waals surface area contributed by atoms with Gasteiger partial charge < -0.3 is 9.72 Å². The summed E-state index contributed by atoms with van der Waals surface area (Å²) >= 11 is 0. The fraction of sp³-hybridized carbons (Fsp3) is 0.444. The van der Waals surface area contributed by atoms with Crippen LogP contribution >= 0.6 is 0 Å². The minimum atomic E-state index is -0.544. The summed E-state index contributed by atoms with van der Waals surface area (Å²) < 4.78 is 5.30. The Morgan fingerprint density at radius 3 is 2.59 bits per heavy atom. The summed E-state index contributed by atoms with van der Waals surface area (Å²) in [6.45, 7) is 6.52. The van der Waals surface area contributed by atoms with Crippen molar-refractivity contribution in [3.05, 3.63) is 45.7 Å². The van der Waals surface area contributed by atoms with E-state index < -0.39 is 5.97 Å². The highest BCUT2D eigenvalue weighted by molar-refractivity contribution is 5.93. The molecule has 1 N–H and O–H groups in total. The van der Waals surface area contributed by atoms with Crippen molar-refractivity contribution in [1.82, 2.24) is 4.98 Å². The molecule has 1 aromatic heterocycles. The van der Waals surface area contributed by atoms with Gasteiger partial charge in [0.2, 0.25) is 5.43 Å². The monoisotopic (exact) mass is 301 g/mol. The second kappa shape index (κ2) is 7.25. The number of esters is 1. The normalized spacial score (nSPS) is 11.1. The highest BCUT2D eigenvalue weighted by Gasteiger charge is 2.16. The van der Waals surface area contributed by atoms with Crippen LogP contribution in [0.15, 0.2) is 29.2 Å². The van der Waals surface area contributed by atoms with Gasteiger partial charge in [-0.25, -0.2) is 4.79 Å². The summed E-state index contributed by atoms with van der Waals surface area (Å²) in [5, 5.41) is 0.538. The molecule has 0 bridgehead atoms. The van der Waals surface area contributed by atoms with Gasteiger partial charge in [-0.3, -0.25) is 4.79 Å². The molecule has 0 unspecified atom stereocenters. The van der Waals surface area contributed by atoms with E-state index in [-0.39, 0.29) is 11.0 Å². The number of fused-ring (bicyclic) bond motifs is 1. The molecule has 1 heterocycles. The second-order valence-electron chi connectivity index (χ2n) is 5.55. The number of pyridine rings is 1. The van der Waals surface area contributed by atoms with Gasteiger partial charge in [-0.05, 0) is 30.0 Å². The molecule has 0 amide bonds. The predicted molar refractivity (Wildman–Crippen MR) is 88.3 cm³/mol. The molecule has 0 radical (unpaired) electrons. The molecule has 0 fully saturated rings. The SMILES string of the molecule is CCc1ccc2[nH]cc(C(=O)OCC(CC)CC)c(=O)c2c1. The Hall–Kier alpha value is -2.10. The summed E-state index contributed by atoms with van der Waals surface area (Å²) in [5.41, 5.74) is 1.62. The zero-order valence-electron chi connectivity index (χ0n) is 13.4. The number of rotatable bonds is 6. The molecule has 0 saturated carbocycles. The zero-order chi connectivity index (χ0) is 16.1. The topological polar surface area (TPSA) is 59.2 Å². The van der Waals surface area contributed by atoms with Crippen LogP contribution < -0.4 is 5.43 Å². The Labute approximate surface area is 130 Å². The molecule has 4 heteroatoms. The lowest BCUT2D eigenvalue weighted by atomic mass is 10.1. The molecule has 0 aliphatic heterocycles. The van der Waals surface area contributed by atoms with Crippen LogP contribution in [0.3, 0.4) is 0 Å². The van der Waals surface area contributed by atoms with Crippen LogP contribution in [-0.4, -0.2) is 17.6 Å². The number of benzene rings is 1. The van der Waals surface area contributed by atoms with Gasteiger partial charge in [0.1, 0.15) is 5.56 Å². The third-order valence-electron chi connectivity index (χ3n) is 4.18. The van der Waals surface area contributed by atoms with Gasteiger partial charge >= 0.3 is 5.97 Å². The molecule has 22 heavy (non-hydrogen) atoms. The van der Waals surface area contributed by atoms with Gasteiger partial charge in [0.25, 0.3) is 0 Å². The number of nitrogens with one attached hydrogen (secondary N) is 1. The number of hydrogen-bond acceptors (Lipinski definition) is 3. The number of carbonyl (C=O) groups is 1. The lowest BCUT2D eigenvalue weighted by molar-refractivity contribution is 0.0431. The Morgan fingerprint density at radius 1 is 1.23 bits per heavy atom. The predicted octanol–water partition coefficient (Wildman–Crippen LogP) is 3.68. The summed E-state index contributed by atoms with van der Waals surface area (Å²) in [7, 11) is 0. The number of aryl methyl sites for hydroxylation is 1. The zero-order valence-corrected chi connectivity index (χ0v) is 13.4. The molecule has 0 saturated heterocycles. The molecule has 2 aromatic rings. The summed E-state index contributed by atoms with van der Waals surface area (Å²) in [6.07, 6.45) is 4.21. The Bertz CT molecular complexity index is 714. The van der Waals surface area contributed by atoms with E-state index in [9.17, 15) is 9.59 Å². The van der Waals surface area contributed by atoms with Crippen molar-refractivity contribution in [1.29, 1.82) is 0 Å². The van der Waals surface area contributed by atoms with Gasteiger partial charge in [0, 0.05) is 17.1 Å². The van der Waals surface area contributed by atoms with E-state index >= 15 is 0 Å². The van der Waals surface area contributed by atoms with Crippen LogP contribution in [-0.2, 0) is 11.2 Å². The Balaban J connectivity index is 2.29. The minimum absolute atomic E-state index is 0.0757. The van der Waals surface area contributed by atoms with Crippen LogP contribution in [0.4, 0.5) is 0 Å². The first-order valence-electron chi connectivity index (χ1n) is 7.92. The molecular weight excluding hydrogens is 278 g/mol. The largest absolute Gasteiger partial charge is 0.462 e. The molecule has 118 valence electrons. The summed E-state index contributed by atoms with van der Waals surface area (Å²) in [6, 6.07) is 5.68. The number of ether oxygens (including phenoxy) is 1. The molecule has 0 aliphatic carbocycles. The first-order valence-corrected chi connectivity index (χ1v) is 7.92. The van der Waals surface area contributed by atoms with Gasteiger partial charge in [0.05, 0.1) is 6.61 Å². The maximum Gasteiger partial charge on any atom is 0.343 e. The van der Waals surface area contributed by atoms with Crippen LogP contribution in [0.1, 0.15) is 49.5 Å². The van der Waals surface area contributed by atoms with Crippen molar-refractivity contribution in [3.8, 4) is 0 Å². The highest BCUT2D eigenvalue weighted by atomic mass is 16.5. The third-order valence-corrected chi connectivity index (χ3v) is 4.18. The maximum absolute atomic E-state index is 12.5. The Kier molecular flexibility index (Phi) is 5.36. The van der Waals surface area contributed by atoms with Crippen LogP contribution in [0.5, 0.6) is 0 Å². The van der Waals surface area contributed by atoms with Crippen molar-refractivity contribution in [3.63, 3.8) is 0 Å². The number of aromatic nitrogens is 1. The smallest absolute Gasteiger partial charge is 0.343 e. The van der Waals surface area contributed by atoms with Crippen molar-refractivity contribution in [2.75, 3.05) is 6.61 Å². The van der Waals surface area contributed by atoms with Gasteiger partial charge in [-0.15, -0.1) is 0 Å². The van der Waals surface area contributed by atoms with E-state index in [4.69, 9.17) is 4.74 Å². The first-order chi connectivity index (χ1) is 10.6. The number of hydrogen-bond donors (Lipinski definition) is 1. The van der Waals surface area contributed by atoms with E-state index in [1.165, 1.54) is 6.20 Å². The molecule has 1 aromatic carbocycles. The van der Waals surface area contributed by atoms with E-state index in [2.05, 4.69) is 18.8 Å². The third kappa shape index (κ3) is 3.38. The number of H-pyrrole nitrogens is 1. The second-order valence-corrected chi connectivity index (χ2v) is 5.55. The Morgan fingerprint density at radius 2 is 1.95 bits per heavy atom. The van der Waals surface area contributed by atoms with Crippen molar-refractivity contribution >= 4 is 16.9 Å². The molecule has 4 nitrogen and oxygen atoms in total. The lowest BCUT2D eigenvalue weighted by Gasteiger charge is -2.12. The fourth-order valence-electron chi connectivity index (χ4n) is 2.43. The lowest BCUT2D eigenvalue weighted by Crippen LogP contribution is -2.20. The maximum atomic E-state index is 12.5. The van der Waals surface area contributed by atoms with Crippen molar-refractivity contribution < 1.29 is 9.53 Å². The minimum Gasteiger partial charge on any atom is -0.462 e. The highest BCUT2D eigenvalue weighted by Crippen LogP contribution is 2.13. The standard InChI is InChI=1S/C18H23NO3/c1-4-12(5-2)11-22-18(21)15-10-19-16-8-7-13(6-3)9-14(16)17(15)20/h7-10,12H,4-6,11H2,1-3H3,(H,19,20). The molecule has 0 spiro atoms. The number of carbonyl (C=O) groups excluding carboxylic acids is 1. The number of aromatic amines is 1. The summed E-state index contributed by atoms with van der Waals surface area (Å²) in [4.78, 5) is 27.7. The molecule has 0 aliphatic rings. The van der Waals surface area contributed by atoms with Gasteiger partial charge in [-0.2, -0.15) is 0 Å².